The van der Waals surface area contributed by atoms with Gasteiger partial charge in [0, 0.05) is 19.7 Å². The van der Waals surface area contributed by atoms with Crippen molar-refractivity contribution >= 4 is 11.3 Å². The Morgan fingerprint density at radius 1 is 1.50 bits per heavy atom. The Labute approximate surface area is 87.5 Å². The zero-order chi connectivity index (χ0) is 11.0. The van der Waals surface area contributed by atoms with Gasteiger partial charge in [-0.15, -0.1) is 0 Å². The maximum Gasteiger partial charge on any atom is 0.234 e. The van der Waals surface area contributed by atoms with Crippen LogP contribution in [-0.4, -0.2) is 50.6 Å². The van der Waals surface area contributed by atoms with Crippen molar-refractivity contribution in [3.8, 4) is 0 Å². The fourth-order valence-corrected chi connectivity index (χ4v) is 1.48. The molecule has 0 aliphatic rings. The fraction of sp³-hybridized carbons (Fsp3) is 1.00. The molecule has 2 atom stereocenters. The van der Waals surface area contributed by atoms with Gasteiger partial charge in [0.05, 0.1) is 12.7 Å². The molecule has 0 radical (unpaired) electrons. The summed E-state index contributed by atoms with van der Waals surface area (Å²) in [5.41, 5.74) is 0. The molecule has 0 heterocycles. The Morgan fingerprint density at radius 3 is 2.57 bits per heavy atom. The van der Waals surface area contributed by atoms with Gasteiger partial charge in [0.25, 0.3) is 0 Å². The second-order valence-electron chi connectivity index (χ2n) is 2.94. The lowest BCUT2D eigenvalue weighted by Crippen LogP contribution is -2.35. The first kappa shape index (κ1) is 14.0. The van der Waals surface area contributed by atoms with Crippen LogP contribution in [0.5, 0.6) is 0 Å². The SMILES string of the molecule is CCCOCC(O)CN(CC)S(=O)O. The van der Waals surface area contributed by atoms with Gasteiger partial charge in [-0.3, -0.25) is 4.55 Å². The third-order valence-electron chi connectivity index (χ3n) is 1.65. The Hall–Kier alpha value is -0.0100. The molecule has 0 saturated carbocycles. The van der Waals surface area contributed by atoms with Gasteiger partial charge >= 0.3 is 0 Å². The van der Waals surface area contributed by atoms with E-state index < -0.39 is 17.4 Å². The highest BCUT2D eigenvalue weighted by molar-refractivity contribution is 7.76. The molecule has 5 nitrogen and oxygen atoms in total. The van der Waals surface area contributed by atoms with Gasteiger partial charge in [-0.1, -0.05) is 13.8 Å². The zero-order valence-electron chi connectivity index (χ0n) is 8.68. The highest BCUT2D eigenvalue weighted by atomic mass is 32.2. The number of aliphatic hydroxyl groups excluding tert-OH is 1. The summed E-state index contributed by atoms with van der Waals surface area (Å²) in [5, 5.41) is 9.41. The smallest absolute Gasteiger partial charge is 0.234 e. The molecule has 0 spiro atoms. The van der Waals surface area contributed by atoms with Gasteiger partial charge < -0.3 is 9.84 Å². The molecule has 0 bridgehead atoms. The van der Waals surface area contributed by atoms with Crippen molar-refractivity contribution in [3.63, 3.8) is 0 Å². The Balaban J connectivity index is 3.67. The van der Waals surface area contributed by atoms with Gasteiger partial charge in [-0.05, 0) is 6.42 Å². The van der Waals surface area contributed by atoms with Gasteiger partial charge in [-0.2, -0.15) is 4.31 Å². The molecule has 6 heteroatoms. The molecule has 14 heavy (non-hydrogen) atoms. The van der Waals surface area contributed by atoms with Crippen LogP contribution in [0.15, 0.2) is 0 Å². The van der Waals surface area contributed by atoms with E-state index >= 15 is 0 Å². The summed E-state index contributed by atoms with van der Waals surface area (Å²) in [7, 11) is 0. The average Bonchev–Trinajstić information content (AvgIpc) is 2.14. The highest BCUT2D eigenvalue weighted by Crippen LogP contribution is 1.96. The van der Waals surface area contributed by atoms with Crippen molar-refractivity contribution in [1.82, 2.24) is 4.31 Å². The molecular weight excluding hydrogens is 206 g/mol. The summed E-state index contributed by atoms with van der Waals surface area (Å²) < 4.78 is 25.8. The van der Waals surface area contributed by atoms with Crippen LogP contribution in [0, 0.1) is 0 Å². The molecule has 0 fully saturated rings. The average molecular weight is 225 g/mol. The van der Waals surface area contributed by atoms with Crippen molar-refractivity contribution in [2.75, 3.05) is 26.3 Å². The number of nitrogens with zero attached hydrogens (tertiary/aromatic N) is 1. The van der Waals surface area contributed by atoms with E-state index in [0.29, 0.717) is 13.2 Å². The minimum atomic E-state index is -2.01. The van der Waals surface area contributed by atoms with E-state index in [1.807, 2.05) is 6.92 Å². The normalized spacial score (nSPS) is 15.8. The van der Waals surface area contributed by atoms with Gasteiger partial charge in [-0.25, -0.2) is 4.21 Å². The minimum Gasteiger partial charge on any atom is -0.389 e. The van der Waals surface area contributed by atoms with Crippen molar-refractivity contribution in [2.45, 2.75) is 26.4 Å². The van der Waals surface area contributed by atoms with Crippen LogP contribution in [0.3, 0.4) is 0 Å². The van der Waals surface area contributed by atoms with Crippen molar-refractivity contribution < 1.29 is 18.6 Å². The Morgan fingerprint density at radius 2 is 2.14 bits per heavy atom. The summed E-state index contributed by atoms with van der Waals surface area (Å²) in [4.78, 5) is 0. The number of hydrogen-bond acceptors (Lipinski definition) is 3. The second kappa shape index (κ2) is 8.31. The van der Waals surface area contributed by atoms with Crippen molar-refractivity contribution in [1.29, 1.82) is 0 Å². The van der Waals surface area contributed by atoms with Gasteiger partial charge in [0.15, 0.2) is 0 Å². The molecule has 2 N–H and O–H groups in total. The number of aliphatic hydroxyl groups is 1. The minimum absolute atomic E-state index is 0.156. The van der Waals surface area contributed by atoms with E-state index in [0.717, 1.165) is 6.42 Å². The van der Waals surface area contributed by atoms with Crippen molar-refractivity contribution in [3.05, 3.63) is 0 Å². The number of ether oxygens (including phenoxy) is 1. The predicted octanol–water partition coefficient (Wildman–Crippen LogP) is 0.233. The summed E-state index contributed by atoms with van der Waals surface area (Å²) in [5.74, 6) is 0. The molecular formula is C8H19NO4S. The summed E-state index contributed by atoms with van der Waals surface area (Å²) in [6, 6.07) is 0. The number of hydrogen-bond donors (Lipinski definition) is 2. The monoisotopic (exact) mass is 225 g/mol. The molecule has 0 aromatic carbocycles. The van der Waals surface area contributed by atoms with Crippen LogP contribution in [-0.2, 0) is 16.0 Å². The van der Waals surface area contributed by atoms with Crippen LogP contribution >= 0.6 is 0 Å². The first-order valence-corrected chi connectivity index (χ1v) is 5.79. The fourth-order valence-electron chi connectivity index (χ4n) is 0.955. The molecule has 0 aromatic rings. The van der Waals surface area contributed by atoms with Gasteiger partial charge in [0.1, 0.15) is 0 Å². The molecule has 0 aliphatic carbocycles. The third-order valence-corrected chi connectivity index (χ3v) is 2.50. The van der Waals surface area contributed by atoms with Crippen LogP contribution in [0.1, 0.15) is 20.3 Å². The maximum atomic E-state index is 10.7. The third kappa shape index (κ3) is 6.44. The molecule has 0 rings (SSSR count). The molecule has 0 aromatic heterocycles. The predicted molar refractivity (Wildman–Crippen MR) is 55.1 cm³/mol. The number of likely N-dealkylation sites (N-methyl/N-ethyl adjacent to an activating group) is 1. The van der Waals surface area contributed by atoms with Gasteiger partial charge in [0.2, 0.25) is 11.3 Å². The first-order chi connectivity index (χ1) is 6.61. The van der Waals surface area contributed by atoms with Crippen LogP contribution in [0.4, 0.5) is 0 Å². The quantitative estimate of drug-likeness (QED) is 0.458. The molecule has 0 aliphatic heterocycles. The highest BCUT2D eigenvalue weighted by Gasteiger charge is 2.14. The zero-order valence-corrected chi connectivity index (χ0v) is 9.50. The van der Waals surface area contributed by atoms with Crippen molar-refractivity contribution in [2.24, 2.45) is 0 Å². The Kier molecular flexibility index (Phi) is 8.30. The maximum absolute atomic E-state index is 10.7. The lowest BCUT2D eigenvalue weighted by atomic mass is 10.4. The summed E-state index contributed by atoms with van der Waals surface area (Å²) in [6.07, 6.45) is 0.188. The van der Waals surface area contributed by atoms with E-state index in [1.165, 1.54) is 4.31 Å². The van der Waals surface area contributed by atoms with E-state index in [2.05, 4.69) is 0 Å². The summed E-state index contributed by atoms with van der Waals surface area (Å²) in [6.45, 7) is 5.13. The van der Waals surface area contributed by atoms with Crippen LogP contribution in [0.25, 0.3) is 0 Å². The first-order valence-electron chi connectivity index (χ1n) is 4.73. The van der Waals surface area contributed by atoms with E-state index in [-0.39, 0.29) is 13.2 Å². The molecule has 86 valence electrons. The second-order valence-corrected chi connectivity index (χ2v) is 3.92. The van der Waals surface area contributed by atoms with E-state index in [9.17, 15) is 9.32 Å². The largest absolute Gasteiger partial charge is 0.389 e. The topological polar surface area (TPSA) is 70.0 Å². The lowest BCUT2D eigenvalue weighted by molar-refractivity contribution is 0.0284. The number of rotatable bonds is 8. The van der Waals surface area contributed by atoms with E-state index in [1.54, 1.807) is 6.92 Å². The van der Waals surface area contributed by atoms with E-state index in [4.69, 9.17) is 9.29 Å². The molecule has 0 amide bonds. The Bertz CT molecular complexity index is 167. The summed E-state index contributed by atoms with van der Waals surface area (Å²) >= 11 is -2.01. The standard InChI is InChI=1S/C8H19NO4S/c1-3-5-13-7-8(10)6-9(4-2)14(11)12/h8,10H,3-7H2,1-2H3,(H,11,12). The molecule has 0 saturated heterocycles. The van der Waals surface area contributed by atoms with Crippen LogP contribution in [0.2, 0.25) is 0 Å². The van der Waals surface area contributed by atoms with Crippen LogP contribution < -0.4 is 0 Å². The lowest BCUT2D eigenvalue weighted by Gasteiger charge is -2.19. The molecule has 2 unspecified atom stereocenters.